The van der Waals surface area contributed by atoms with Gasteiger partial charge >= 0.3 is 0 Å². The van der Waals surface area contributed by atoms with Crippen molar-refractivity contribution < 1.29 is 4.79 Å². The Labute approximate surface area is 142 Å². The number of ketones is 1. The molecule has 0 aliphatic heterocycles. The monoisotopic (exact) mass is 315 g/mol. The van der Waals surface area contributed by atoms with Crippen molar-refractivity contribution in [3.8, 4) is 0 Å². The van der Waals surface area contributed by atoms with Crippen molar-refractivity contribution in [2.75, 3.05) is 20.6 Å². The molecule has 1 aromatic rings. The van der Waals surface area contributed by atoms with Crippen LogP contribution in [-0.4, -0.2) is 31.3 Å². The number of rotatable bonds is 7. The van der Waals surface area contributed by atoms with Crippen molar-refractivity contribution in [3.05, 3.63) is 35.9 Å². The third kappa shape index (κ3) is 4.23. The summed E-state index contributed by atoms with van der Waals surface area (Å²) in [6.07, 6.45) is 9.20. The minimum atomic E-state index is -0.287. The van der Waals surface area contributed by atoms with Crippen LogP contribution in [0.5, 0.6) is 0 Å². The molecule has 0 N–H and O–H groups in total. The largest absolute Gasteiger partial charge is 0.309 e. The topological polar surface area (TPSA) is 20.3 Å². The summed E-state index contributed by atoms with van der Waals surface area (Å²) in [6.45, 7) is 3.00. The maximum absolute atomic E-state index is 13.2. The summed E-state index contributed by atoms with van der Waals surface area (Å²) in [5.41, 5.74) is 0.963. The number of hydrogen-bond acceptors (Lipinski definition) is 2. The molecule has 1 saturated carbocycles. The van der Waals surface area contributed by atoms with Crippen LogP contribution in [0, 0.1) is 5.92 Å². The zero-order valence-electron chi connectivity index (χ0n) is 15.2. The van der Waals surface area contributed by atoms with E-state index in [0.29, 0.717) is 18.1 Å². The molecule has 1 unspecified atom stereocenters. The Morgan fingerprint density at radius 2 is 1.70 bits per heavy atom. The number of carbonyl (C=O) groups excluding carboxylic acids is 1. The molecule has 0 heterocycles. The summed E-state index contributed by atoms with van der Waals surface area (Å²) in [5.74, 6) is 0.942. The number of nitrogens with zero attached hydrogens (tertiary/aromatic N) is 1. The van der Waals surface area contributed by atoms with Crippen molar-refractivity contribution in [1.82, 2.24) is 4.90 Å². The van der Waals surface area contributed by atoms with E-state index in [1.165, 1.54) is 44.1 Å². The molecule has 1 aliphatic rings. The van der Waals surface area contributed by atoms with Crippen molar-refractivity contribution in [1.29, 1.82) is 0 Å². The lowest BCUT2D eigenvalue weighted by molar-refractivity contribution is -0.127. The second kappa shape index (κ2) is 8.63. The van der Waals surface area contributed by atoms with E-state index in [2.05, 4.69) is 49.3 Å². The van der Waals surface area contributed by atoms with Gasteiger partial charge in [-0.2, -0.15) is 0 Å². The van der Waals surface area contributed by atoms with E-state index in [-0.39, 0.29) is 5.41 Å². The normalized spacial score (nSPS) is 19.3. The molecule has 2 heteroatoms. The molecule has 2 rings (SSSR count). The van der Waals surface area contributed by atoms with E-state index < -0.39 is 0 Å². The van der Waals surface area contributed by atoms with Crippen LogP contribution >= 0.6 is 0 Å². The Bertz CT molecular complexity index is 474. The first kappa shape index (κ1) is 18.2. The number of carbonyl (C=O) groups is 1. The Morgan fingerprint density at radius 3 is 2.22 bits per heavy atom. The summed E-state index contributed by atoms with van der Waals surface area (Å²) in [7, 11) is 4.22. The van der Waals surface area contributed by atoms with E-state index in [9.17, 15) is 4.79 Å². The molecule has 0 spiro atoms. The Morgan fingerprint density at radius 1 is 1.09 bits per heavy atom. The molecule has 1 aromatic carbocycles. The highest BCUT2D eigenvalue weighted by Crippen LogP contribution is 2.44. The molecule has 0 radical (unpaired) electrons. The van der Waals surface area contributed by atoms with Gasteiger partial charge in [0.25, 0.3) is 0 Å². The maximum atomic E-state index is 13.2. The van der Waals surface area contributed by atoms with Gasteiger partial charge in [-0.25, -0.2) is 0 Å². The molecular weight excluding hydrogens is 282 g/mol. The first-order valence-electron chi connectivity index (χ1n) is 9.34. The number of benzene rings is 1. The lowest BCUT2D eigenvalue weighted by Crippen LogP contribution is -2.45. The molecule has 1 atom stereocenters. The second-order valence-electron chi connectivity index (χ2n) is 7.36. The fourth-order valence-corrected chi connectivity index (χ4v) is 4.34. The first-order chi connectivity index (χ1) is 11.1. The van der Waals surface area contributed by atoms with E-state index in [4.69, 9.17) is 0 Å². The average Bonchev–Trinajstić information content (AvgIpc) is 2.85. The predicted molar refractivity (Wildman–Crippen MR) is 97.8 cm³/mol. The molecular formula is C21H33NO. The van der Waals surface area contributed by atoms with Crippen molar-refractivity contribution in [3.63, 3.8) is 0 Å². The summed E-state index contributed by atoms with van der Waals surface area (Å²) in [5, 5.41) is 0. The molecule has 1 fully saturated rings. The molecule has 23 heavy (non-hydrogen) atoms. The Hall–Kier alpha value is -1.15. The van der Waals surface area contributed by atoms with Crippen LogP contribution in [0.3, 0.4) is 0 Å². The highest BCUT2D eigenvalue weighted by molar-refractivity contribution is 5.90. The maximum Gasteiger partial charge on any atom is 0.143 e. The van der Waals surface area contributed by atoms with Gasteiger partial charge in [0.15, 0.2) is 0 Å². The summed E-state index contributed by atoms with van der Waals surface area (Å²) in [4.78, 5) is 15.5. The van der Waals surface area contributed by atoms with Crippen molar-refractivity contribution in [2.45, 2.75) is 63.7 Å². The lowest BCUT2D eigenvalue weighted by Gasteiger charge is -2.41. The first-order valence-corrected chi connectivity index (χ1v) is 9.34. The number of Topliss-reactive ketones (excluding diaryl/α,β-unsaturated/α-hetero) is 1. The molecule has 2 nitrogen and oxygen atoms in total. The van der Waals surface area contributed by atoms with E-state index in [1.807, 2.05) is 6.92 Å². The van der Waals surface area contributed by atoms with Crippen LogP contribution in [0.1, 0.15) is 63.9 Å². The van der Waals surface area contributed by atoms with Gasteiger partial charge in [0.1, 0.15) is 5.78 Å². The van der Waals surface area contributed by atoms with Gasteiger partial charge in [-0.05, 0) is 51.4 Å². The number of hydrogen-bond donors (Lipinski definition) is 0. The Kier molecular flexibility index (Phi) is 6.83. The van der Waals surface area contributed by atoms with E-state index in [1.54, 1.807) is 0 Å². The van der Waals surface area contributed by atoms with Gasteiger partial charge in [0, 0.05) is 6.42 Å². The standard InChI is InChI=1S/C21H33NO/c1-4-20(23)21(16-17-22(2)3,19-14-10-7-11-15-19)18-12-8-5-6-9-13-18/h7,10-11,14-15,18H,4-6,8-9,12-13,16-17H2,1-3H3. The molecule has 0 bridgehead atoms. The minimum absolute atomic E-state index is 0.287. The summed E-state index contributed by atoms with van der Waals surface area (Å²) < 4.78 is 0. The zero-order valence-corrected chi connectivity index (χ0v) is 15.2. The molecule has 0 aromatic heterocycles. The van der Waals surface area contributed by atoms with Crippen LogP contribution in [0.4, 0.5) is 0 Å². The third-order valence-corrected chi connectivity index (χ3v) is 5.61. The summed E-state index contributed by atoms with van der Waals surface area (Å²) >= 11 is 0. The molecule has 128 valence electrons. The van der Waals surface area contributed by atoms with E-state index >= 15 is 0 Å². The fraction of sp³-hybridized carbons (Fsp3) is 0.667. The van der Waals surface area contributed by atoms with Gasteiger partial charge in [-0.1, -0.05) is 62.9 Å². The van der Waals surface area contributed by atoms with Crippen LogP contribution in [-0.2, 0) is 10.2 Å². The van der Waals surface area contributed by atoms with Crippen LogP contribution < -0.4 is 0 Å². The van der Waals surface area contributed by atoms with Crippen LogP contribution in [0.25, 0.3) is 0 Å². The van der Waals surface area contributed by atoms with Crippen molar-refractivity contribution in [2.24, 2.45) is 5.92 Å². The van der Waals surface area contributed by atoms with E-state index in [0.717, 1.165) is 13.0 Å². The van der Waals surface area contributed by atoms with Gasteiger partial charge in [-0.15, -0.1) is 0 Å². The highest BCUT2D eigenvalue weighted by Gasteiger charge is 2.45. The highest BCUT2D eigenvalue weighted by atomic mass is 16.1. The van der Waals surface area contributed by atoms with Gasteiger partial charge in [0.05, 0.1) is 5.41 Å². The third-order valence-electron chi connectivity index (χ3n) is 5.61. The molecule has 1 aliphatic carbocycles. The fourth-order valence-electron chi connectivity index (χ4n) is 4.34. The van der Waals surface area contributed by atoms with Gasteiger partial charge in [-0.3, -0.25) is 4.79 Å². The van der Waals surface area contributed by atoms with Gasteiger partial charge in [0.2, 0.25) is 0 Å². The summed E-state index contributed by atoms with van der Waals surface area (Å²) in [6, 6.07) is 10.6. The van der Waals surface area contributed by atoms with Crippen LogP contribution in [0.15, 0.2) is 30.3 Å². The second-order valence-corrected chi connectivity index (χ2v) is 7.36. The lowest BCUT2D eigenvalue weighted by atomic mass is 9.62. The molecule has 0 amide bonds. The predicted octanol–water partition coefficient (Wildman–Crippen LogP) is 4.83. The molecule has 0 saturated heterocycles. The Balaban J connectivity index is 2.45. The quantitative estimate of drug-likeness (QED) is 0.672. The minimum Gasteiger partial charge on any atom is -0.309 e. The van der Waals surface area contributed by atoms with Gasteiger partial charge < -0.3 is 4.90 Å². The average molecular weight is 316 g/mol. The zero-order chi connectivity index (χ0) is 16.7. The van der Waals surface area contributed by atoms with Crippen LogP contribution in [0.2, 0.25) is 0 Å². The van der Waals surface area contributed by atoms with Crippen molar-refractivity contribution >= 4 is 5.78 Å². The smallest absolute Gasteiger partial charge is 0.143 e. The SMILES string of the molecule is CCC(=O)C(CCN(C)C)(c1ccccc1)C1CCCCCC1.